The summed E-state index contributed by atoms with van der Waals surface area (Å²) in [6, 6.07) is 10.8. The predicted molar refractivity (Wildman–Crippen MR) is 80.3 cm³/mol. The van der Waals surface area contributed by atoms with Crippen molar-refractivity contribution in [3.63, 3.8) is 0 Å². The third-order valence-electron chi connectivity index (χ3n) is 3.14. The Balaban J connectivity index is 2.21. The summed E-state index contributed by atoms with van der Waals surface area (Å²) in [6.45, 7) is 8.75. The maximum Gasteiger partial charge on any atom is 0.203 e. The van der Waals surface area contributed by atoms with E-state index in [0.29, 0.717) is 0 Å². The molecule has 0 saturated heterocycles. The zero-order chi connectivity index (χ0) is 13.7. The number of imidazole rings is 1. The first-order chi connectivity index (χ1) is 9.24. The summed E-state index contributed by atoms with van der Waals surface area (Å²) in [5.74, 6) is 0.910. The lowest BCUT2D eigenvalue weighted by Gasteiger charge is -2.18. The molecule has 1 unspecified atom stereocenters. The molecular weight excluding hydrogens is 234 g/mol. The highest BCUT2D eigenvalue weighted by Crippen LogP contribution is 2.22. The van der Waals surface area contributed by atoms with E-state index in [1.165, 1.54) is 5.56 Å². The van der Waals surface area contributed by atoms with E-state index in [-0.39, 0.29) is 6.04 Å². The maximum atomic E-state index is 4.55. The van der Waals surface area contributed by atoms with Gasteiger partial charge in [0.2, 0.25) is 5.95 Å². The number of rotatable bonds is 6. The maximum absolute atomic E-state index is 4.55. The van der Waals surface area contributed by atoms with Crippen LogP contribution < -0.4 is 5.32 Å². The van der Waals surface area contributed by atoms with Crippen LogP contribution in [0.2, 0.25) is 0 Å². The van der Waals surface area contributed by atoms with Crippen molar-refractivity contribution in [1.82, 2.24) is 9.55 Å². The highest BCUT2D eigenvalue weighted by atomic mass is 15.2. The van der Waals surface area contributed by atoms with E-state index in [2.05, 4.69) is 52.6 Å². The number of anilines is 1. The van der Waals surface area contributed by atoms with Crippen LogP contribution in [0.5, 0.6) is 0 Å². The SMILES string of the molecule is C=CCn1cc(C)nc1NC(CC)c1ccccc1. The number of hydrogen-bond donors (Lipinski definition) is 1. The lowest BCUT2D eigenvalue weighted by Crippen LogP contribution is -2.13. The Labute approximate surface area is 115 Å². The minimum atomic E-state index is 0.284. The smallest absolute Gasteiger partial charge is 0.203 e. The zero-order valence-electron chi connectivity index (χ0n) is 11.6. The molecule has 1 atom stereocenters. The molecule has 3 nitrogen and oxygen atoms in total. The molecule has 1 heterocycles. The Morgan fingerprint density at radius 1 is 1.37 bits per heavy atom. The van der Waals surface area contributed by atoms with E-state index in [1.807, 2.05) is 25.3 Å². The van der Waals surface area contributed by atoms with E-state index in [4.69, 9.17) is 0 Å². The predicted octanol–water partition coefficient (Wildman–Crippen LogP) is 3.94. The van der Waals surface area contributed by atoms with Gasteiger partial charge in [-0.1, -0.05) is 43.3 Å². The third-order valence-corrected chi connectivity index (χ3v) is 3.14. The van der Waals surface area contributed by atoms with E-state index in [1.54, 1.807) is 0 Å². The van der Waals surface area contributed by atoms with Crippen molar-refractivity contribution in [2.75, 3.05) is 5.32 Å². The first-order valence-corrected chi connectivity index (χ1v) is 6.70. The Bertz CT molecular complexity index is 528. The van der Waals surface area contributed by atoms with Gasteiger partial charge in [-0.3, -0.25) is 0 Å². The van der Waals surface area contributed by atoms with Gasteiger partial charge in [-0.15, -0.1) is 6.58 Å². The van der Waals surface area contributed by atoms with Gasteiger partial charge in [-0.2, -0.15) is 0 Å². The first kappa shape index (κ1) is 13.4. The molecule has 0 spiro atoms. The molecule has 2 aromatic rings. The normalized spacial score (nSPS) is 12.1. The van der Waals surface area contributed by atoms with Crippen LogP contribution in [0.1, 0.15) is 30.6 Å². The van der Waals surface area contributed by atoms with Crippen LogP contribution in [0.3, 0.4) is 0 Å². The second-order valence-electron chi connectivity index (χ2n) is 4.66. The Morgan fingerprint density at radius 3 is 2.74 bits per heavy atom. The molecule has 0 radical (unpaired) electrons. The van der Waals surface area contributed by atoms with Gasteiger partial charge >= 0.3 is 0 Å². The monoisotopic (exact) mass is 255 g/mol. The van der Waals surface area contributed by atoms with Crippen LogP contribution in [0.15, 0.2) is 49.2 Å². The van der Waals surface area contributed by atoms with Crippen LogP contribution >= 0.6 is 0 Å². The molecule has 3 heteroatoms. The second-order valence-corrected chi connectivity index (χ2v) is 4.66. The highest BCUT2D eigenvalue weighted by molar-refractivity contribution is 5.34. The molecule has 0 saturated carbocycles. The van der Waals surface area contributed by atoms with Crippen molar-refractivity contribution in [1.29, 1.82) is 0 Å². The van der Waals surface area contributed by atoms with Crippen LogP contribution in [0.4, 0.5) is 5.95 Å². The number of allylic oxidation sites excluding steroid dienone is 1. The number of benzene rings is 1. The fourth-order valence-corrected chi connectivity index (χ4v) is 2.20. The number of nitrogens with one attached hydrogen (secondary N) is 1. The molecular formula is C16H21N3. The highest BCUT2D eigenvalue weighted by Gasteiger charge is 2.12. The van der Waals surface area contributed by atoms with Gasteiger partial charge in [0.25, 0.3) is 0 Å². The quantitative estimate of drug-likeness (QED) is 0.792. The lowest BCUT2D eigenvalue weighted by molar-refractivity contribution is 0.716. The molecule has 0 aliphatic heterocycles. The lowest BCUT2D eigenvalue weighted by atomic mass is 10.1. The van der Waals surface area contributed by atoms with E-state index >= 15 is 0 Å². The Hall–Kier alpha value is -2.03. The van der Waals surface area contributed by atoms with Crippen LogP contribution in [0, 0.1) is 6.92 Å². The van der Waals surface area contributed by atoms with Crippen molar-refractivity contribution in [3.8, 4) is 0 Å². The summed E-state index contributed by atoms with van der Waals surface area (Å²) in [6.07, 6.45) is 4.95. The van der Waals surface area contributed by atoms with Crippen molar-refractivity contribution in [2.24, 2.45) is 0 Å². The minimum Gasteiger partial charge on any atom is -0.349 e. The van der Waals surface area contributed by atoms with E-state index < -0.39 is 0 Å². The van der Waals surface area contributed by atoms with Crippen molar-refractivity contribution < 1.29 is 0 Å². The summed E-state index contributed by atoms with van der Waals surface area (Å²) in [4.78, 5) is 4.55. The van der Waals surface area contributed by atoms with Crippen LogP contribution in [-0.4, -0.2) is 9.55 Å². The van der Waals surface area contributed by atoms with Gasteiger partial charge in [0, 0.05) is 12.7 Å². The number of hydrogen-bond acceptors (Lipinski definition) is 2. The third kappa shape index (κ3) is 3.25. The average molecular weight is 255 g/mol. The average Bonchev–Trinajstić information content (AvgIpc) is 2.77. The molecule has 1 aromatic carbocycles. The standard InChI is InChI=1S/C16H21N3/c1-4-11-19-12-13(3)17-16(19)18-15(5-2)14-9-7-6-8-10-14/h4,6-10,12,15H,1,5,11H2,2-3H3,(H,17,18). The molecule has 2 rings (SSSR count). The zero-order valence-corrected chi connectivity index (χ0v) is 11.6. The minimum absolute atomic E-state index is 0.284. The molecule has 1 N–H and O–H groups in total. The molecule has 0 fully saturated rings. The summed E-state index contributed by atoms with van der Waals surface area (Å²) in [5, 5.41) is 3.52. The van der Waals surface area contributed by atoms with Crippen molar-refractivity contribution in [3.05, 3.63) is 60.4 Å². The first-order valence-electron chi connectivity index (χ1n) is 6.70. The van der Waals surface area contributed by atoms with Gasteiger partial charge < -0.3 is 9.88 Å². The van der Waals surface area contributed by atoms with Crippen molar-refractivity contribution >= 4 is 5.95 Å². The molecule has 100 valence electrons. The summed E-state index contributed by atoms with van der Waals surface area (Å²) >= 11 is 0. The summed E-state index contributed by atoms with van der Waals surface area (Å²) in [5.41, 5.74) is 2.31. The van der Waals surface area contributed by atoms with Gasteiger partial charge in [-0.25, -0.2) is 4.98 Å². The molecule has 0 bridgehead atoms. The van der Waals surface area contributed by atoms with Crippen molar-refractivity contribution in [2.45, 2.75) is 32.9 Å². The van der Waals surface area contributed by atoms with Gasteiger partial charge in [-0.05, 0) is 18.9 Å². The summed E-state index contributed by atoms with van der Waals surface area (Å²) < 4.78 is 2.09. The van der Waals surface area contributed by atoms with E-state index in [0.717, 1.165) is 24.6 Å². The molecule has 0 amide bonds. The second kappa shape index (κ2) is 6.23. The topological polar surface area (TPSA) is 29.9 Å². The van der Waals surface area contributed by atoms with Gasteiger partial charge in [0.15, 0.2) is 0 Å². The Kier molecular flexibility index (Phi) is 4.39. The summed E-state index contributed by atoms with van der Waals surface area (Å²) in [7, 11) is 0. The molecule has 0 aliphatic carbocycles. The van der Waals surface area contributed by atoms with E-state index in [9.17, 15) is 0 Å². The molecule has 19 heavy (non-hydrogen) atoms. The van der Waals surface area contributed by atoms with Gasteiger partial charge in [0.05, 0.1) is 11.7 Å². The number of aryl methyl sites for hydroxylation is 1. The molecule has 1 aromatic heterocycles. The number of nitrogens with zero attached hydrogens (tertiary/aromatic N) is 2. The number of aromatic nitrogens is 2. The fourth-order valence-electron chi connectivity index (χ4n) is 2.20. The Morgan fingerprint density at radius 2 is 2.11 bits per heavy atom. The van der Waals surface area contributed by atoms with Crippen LogP contribution in [0.25, 0.3) is 0 Å². The fraction of sp³-hybridized carbons (Fsp3) is 0.312. The largest absolute Gasteiger partial charge is 0.349 e. The van der Waals surface area contributed by atoms with Gasteiger partial charge in [0.1, 0.15) is 0 Å². The van der Waals surface area contributed by atoms with Crippen LogP contribution in [-0.2, 0) is 6.54 Å². The molecule has 0 aliphatic rings.